The molecule has 1 heterocycles. The summed E-state index contributed by atoms with van der Waals surface area (Å²) in [6.45, 7) is 7.67. The first-order chi connectivity index (χ1) is 14.7. The quantitative estimate of drug-likeness (QED) is 0.263. The summed E-state index contributed by atoms with van der Waals surface area (Å²) < 4.78 is 5.89. The maximum absolute atomic E-state index is 5.89. The Hall–Kier alpha value is -1.90. The second-order valence-corrected chi connectivity index (χ2v) is 8.65. The lowest BCUT2D eigenvalue weighted by Gasteiger charge is -2.09. The molecule has 1 atom stereocenters. The van der Waals surface area contributed by atoms with Gasteiger partial charge in [0.2, 0.25) is 0 Å². The van der Waals surface area contributed by atoms with Crippen LogP contribution in [-0.4, -0.2) is 16.6 Å². The Morgan fingerprint density at radius 2 is 1.53 bits per heavy atom. The van der Waals surface area contributed by atoms with E-state index >= 15 is 0 Å². The molecule has 2 rings (SSSR count). The summed E-state index contributed by atoms with van der Waals surface area (Å²) in [5.74, 6) is 1.79. The van der Waals surface area contributed by atoms with Gasteiger partial charge >= 0.3 is 0 Å². The molecule has 0 radical (unpaired) electrons. The van der Waals surface area contributed by atoms with Crippen LogP contribution in [0.25, 0.3) is 11.3 Å². The normalized spacial score (nSPS) is 12.1. The Bertz CT molecular complexity index is 666. The number of rotatable bonds is 16. The smallest absolute Gasteiger partial charge is 0.119 e. The summed E-state index contributed by atoms with van der Waals surface area (Å²) in [6.07, 6.45) is 19.1. The van der Waals surface area contributed by atoms with E-state index < -0.39 is 0 Å². The summed E-state index contributed by atoms with van der Waals surface area (Å²) in [6, 6.07) is 8.24. The van der Waals surface area contributed by atoms with E-state index in [-0.39, 0.29) is 0 Å². The van der Waals surface area contributed by atoms with Crippen molar-refractivity contribution >= 4 is 0 Å². The summed E-state index contributed by atoms with van der Waals surface area (Å²) in [7, 11) is 0. The molecule has 1 aromatic carbocycles. The van der Waals surface area contributed by atoms with Crippen molar-refractivity contribution < 1.29 is 4.74 Å². The molecule has 1 unspecified atom stereocenters. The molecule has 2 aromatic rings. The summed E-state index contributed by atoms with van der Waals surface area (Å²) in [5.41, 5.74) is 3.12. The van der Waals surface area contributed by atoms with Gasteiger partial charge in [-0.05, 0) is 49.4 Å². The maximum atomic E-state index is 5.89. The van der Waals surface area contributed by atoms with E-state index in [4.69, 9.17) is 4.74 Å². The van der Waals surface area contributed by atoms with Crippen LogP contribution in [0.2, 0.25) is 0 Å². The molecule has 0 bridgehead atoms. The van der Waals surface area contributed by atoms with Crippen molar-refractivity contribution in [1.82, 2.24) is 9.97 Å². The SMILES string of the molecule is CCCCCCCCc1cnc(-c2ccc(OCCCCCC(C)CC)cc2)cn1. The molecule has 3 heteroatoms. The standard InChI is InChI=1S/C27H42N2O/c1-4-6-7-8-9-12-15-25-21-29-27(22-28-25)24-16-18-26(19-17-24)30-20-13-10-11-14-23(3)5-2/h16-19,21-23H,4-15,20H2,1-3H3. The highest BCUT2D eigenvalue weighted by Gasteiger charge is 2.03. The molecule has 3 nitrogen and oxygen atoms in total. The van der Waals surface area contributed by atoms with Gasteiger partial charge in [0.05, 0.1) is 24.2 Å². The van der Waals surface area contributed by atoms with E-state index in [9.17, 15) is 0 Å². The Labute approximate surface area is 184 Å². The molecule has 166 valence electrons. The van der Waals surface area contributed by atoms with Crippen molar-refractivity contribution in [3.8, 4) is 17.0 Å². The minimum Gasteiger partial charge on any atom is -0.494 e. The summed E-state index contributed by atoms with van der Waals surface area (Å²) in [4.78, 5) is 9.23. The Morgan fingerprint density at radius 1 is 0.800 bits per heavy atom. The number of ether oxygens (including phenoxy) is 1. The van der Waals surface area contributed by atoms with Gasteiger partial charge in [-0.1, -0.05) is 78.6 Å². The van der Waals surface area contributed by atoms with Crippen molar-refractivity contribution in [2.45, 2.75) is 97.8 Å². The van der Waals surface area contributed by atoms with Crippen molar-refractivity contribution in [3.05, 3.63) is 42.4 Å². The summed E-state index contributed by atoms with van der Waals surface area (Å²) >= 11 is 0. The van der Waals surface area contributed by atoms with Gasteiger partial charge < -0.3 is 4.74 Å². The molecule has 0 spiro atoms. The second kappa shape index (κ2) is 15.0. The van der Waals surface area contributed by atoms with Crippen molar-refractivity contribution in [2.75, 3.05) is 6.61 Å². The average molecular weight is 411 g/mol. The van der Waals surface area contributed by atoms with Gasteiger partial charge in [-0.25, -0.2) is 0 Å². The first kappa shape index (κ1) is 24.4. The van der Waals surface area contributed by atoms with Crippen LogP contribution in [-0.2, 0) is 6.42 Å². The predicted octanol–water partition coefficient (Wildman–Crippen LogP) is 8.03. The lowest BCUT2D eigenvalue weighted by molar-refractivity contribution is 0.302. The van der Waals surface area contributed by atoms with Gasteiger partial charge in [0.1, 0.15) is 5.75 Å². The van der Waals surface area contributed by atoms with Crippen LogP contribution < -0.4 is 4.74 Å². The van der Waals surface area contributed by atoms with Crippen LogP contribution in [0.4, 0.5) is 0 Å². The molecule has 0 fully saturated rings. The number of aromatic nitrogens is 2. The fourth-order valence-corrected chi connectivity index (χ4v) is 3.61. The van der Waals surface area contributed by atoms with Crippen LogP contribution in [0.15, 0.2) is 36.7 Å². The van der Waals surface area contributed by atoms with Crippen LogP contribution in [0, 0.1) is 5.92 Å². The Balaban J connectivity index is 1.67. The van der Waals surface area contributed by atoms with Gasteiger partial charge in [0.15, 0.2) is 0 Å². The predicted molar refractivity (Wildman–Crippen MR) is 128 cm³/mol. The Morgan fingerprint density at radius 3 is 2.23 bits per heavy atom. The van der Waals surface area contributed by atoms with Gasteiger partial charge in [-0.15, -0.1) is 0 Å². The van der Waals surface area contributed by atoms with Crippen molar-refractivity contribution in [3.63, 3.8) is 0 Å². The average Bonchev–Trinajstić information content (AvgIpc) is 2.79. The minimum atomic E-state index is 0.798. The van der Waals surface area contributed by atoms with Crippen LogP contribution >= 0.6 is 0 Å². The zero-order valence-electron chi connectivity index (χ0n) is 19.5. The molecule has 1 aromatic heterocycles. The van der Waals surface area contributed by atoms with Gasteiger partial charge in [0.25, 0.3) is 0 Å². The molecule has 0 amide bonds. The molecule has 30 heavy (non-hydrogen) atoms. The van der Waals surface area contributed by atoms with E-state index in [1.165, 1.54) is 64.2 Å². The third kappa shape index (κ3) is 9.73. The van der Waals surface area contributed by atoms with E-state index in [0.29, 0.717) is 0 Å². The van der Waals surface area contributed by atoms with Gasteiger partial charge in [-0.3, -0.25) is 9.97 Å². The lowest BCUT2D eigenvalue weighted by atomic mass is 10.0. The molecular formula is C27H42N2O. The minimum absolute atomic E-state index is 0.798. The molecule has 0 N–H and O–H groups in total. The third-order valence-electron chi connectivity index (χ3n) is 5.95. The largest absolute Gasteiger partial charge is 0.494 e. The first-order valence-electron chi connectivity index (χ1n) is 12.3. The van der Waals surface area contributed by atoms with E-state index in [2.05, 4.69) is 42.9 Å². The molecule has 0 saturated carbocycles. The summed E-state index contributed by atoms with van der Waals surface area (Å²) in [5, 5.41) is 0. The molecular weight excluding hydrogens is 368 g/mol. The molecule has 0 aliphatic rings. The van der Waals surface area contributed by atoms with E-state index in [1.807, 2.05) is 24.5 Å². The fourth-order valence-electron chi connectivity index (χ4n) is 3.61. The number of nitrogens with zero attached hydrogens (tertiary/aromatic N) is 2. The topological polar surface area (TPSA) is 35.0 Å². The monoisotopic (exact) mass is 410 g/mol. The highest BCUT2D eigenvalue weighted by Crippen LogP contribution is 2.21. The Kier molecular flexibility index (Phi) is 12.2. The zero-order valence-corrected chi connectivity index (χ0v) is 19.5. The van der Waals surface area contributed by atoms with E-state index in [0.717, 1.165) is 48.1 Å². The third-order valence-corrected chi connectivity index (χ3v) is 5.95. The number of benzene rings is 1. The van der Waals surface area contributed by atoms with Crippen LogP contribution in [0.5, 0.6) is 5.75 Å². The molecule has 0 saturated heterocycles. The molecule has 0 aliphatic heterocycles. The van der Waals surface area contributed by atoms with Gasteiger partial charge in [-0.2, -0.15) is 0 Å². The second-order valence-electron chi connectivity index (χ2n) is 8.65. The highest BCUT2D eigenvalue weighted by molar-refractivity contribution is 5.58. The molecule has 0 aliphatic carbocycles. The van der Waals surface area contributed by atoms with E-state index in [1.54, 1.807) is 0 Å². The number of aryl methyl sites for hydroxylation is 1. The van der Waals surface area contributed by atoms with Crippen LogP contribution in [0.3, 0.4) is 0 Å². The lowest BCUT2D eigenvalue weighted by Crippen LogP contribution is -1.98. The van der Waals surface area contributed by atoms with Crippen molar-refractivity contribution in [2.24, 2.45) is 5.92 Å². The zero-order chi connectivity index (χ0) is 21.4. The van der Waals surface area contributed by atoms with Crippen LogP contribution in [0.1, 0.15) is 97.1 Å². The van der Waals surface area contributed by atoms with Gasteiger partial charge in [0, 0.05) is 11.8 Å². The van der Waals surface area contributed by atoms with Crippen molar-refractivity contribution in [1.29, 1.82) is 0 Å². The first-order valence-corrected chi connectivity index (χ1v) is 12.3. The number of unbranched alkanes of at least 4 members (excludes halogenated alkanes) is 7. The highest BCUT2D eigenvalue weighted by atomic mass is 16.5. The fraction of sp³-hybridized carbons (Fsp3) is 0.630. The maximum Gasteiger partial charge on any atom is 0.119 e. The number of hydrogen-bond donors (Lipinski definition) is 0. The number of hydrogen-bond acceptors (Lipinski definition) is 3.